The summed E-state index contributed by atoms with van der Waals surface area (Å²) in [5.41, 5.74) is 8.33. The van der Waals surface area contributed by atoms with Crippen LogP contribution in [0.4, 0.5) is 28.4 Å². The third-order valence-corrected chi connectivity index (χ3v) is 8.08. The van der Waals surface area contributed by atoms with Crippen molar-refractivity contribution in [1.82, 2.24) is 4.98 Å². The fourth-order valence-electron chi connectivity index (χ4n) is 6.10. The predicted octanol–water partition coefficient (Wildman–Crippen LogP) is 8.68. The van der Waals surface area contributed by atoms with Crippen LogP contribution in [-0.2, 0) is 20.1 Å². The molecule has 0 saturated heterocycles. The van der Waals surface area contributed by atoms with Gasteiger partial charge in [-0.2, -0.15) is 6.67 Å². The molecule has 4 nitrogen and oxygen atoms in total. The molecule has 3 aliphatic rings. The van der Waals surface area contributed by atoms with Crippen molar-refractivity contribution in [3.8, 4) is 11.3 Å². The van der Waals surface area contributed by atoms with Crippen LogP contribution in [0, 0.1) is 18.8 Å². The number of nitrogens with zero attached hydrogens (tertiary/aromatic N) is 4. The minimum Gasteiger partial charge on any atom is -0.499 e. The van der Waals surface area contributed by atoms with E-state index in [2.05, 4.69) is 94.1 Å². The fourth-order valence-corrected chi connectivity index (χ4v) is 6.10. The summed E-state index contributed by atoms with van der Waals surface area (Å²) < 4.78 is 0. The second-order valence-electron chi connectivity index (χ2n) is 10.5. The van der Waals surface area contributed by atoms with Crippen molar-refractivity contribution in [2.24, 2.45) is 0 Å². The molecule has 0 atom stereocenters. The van der Waals surface area contributed by atoms with Gasteiger partial charge in [0, 0.05) is 25.0 Å². The Bertz CT molecular complexity index is 1560. The predicted molar refractivity (Wildman–Crippen MR) is 162 cm³/mol. The summed E-state index contributed by atoms with van der Waals surface area (Å²) in [6, 6.07) is 38.7. The molecular formula is C35H31IrN4. The molecule has 2 aliphatic heterocycles. The smallest absolute Gasteiger partial charge is 0.499 e. The van der Waals surface area contributed by atoms with Crippen LogP contribution in [0.25, 0.3) is 22.0 Å². The van der Waals surface area contributed by atoms with E-state index >= 15 is 0 Å². The Morgan fingerprint density at radius 1 is 0.825 bits per heavy atom. The molecule has 0 radical (unpaired) electrons. The fraction of sp³-hybridized carbons (Fsp3) is 0.200. The summed E-state index contributed by atoms with van der Waals surface area (Å²) in [5.74, 6) is 0. The average Bonchev–Trinajstić information content (AvgIpc) is 3.41. The quantitative estimate of drug-likeness (QED) is 0.172. The van der Waals surface area contributed by atoms with Crippen molar-refractivity contribution >= 4 is 39.2 Å². The maximum Gasteiger partial charge on any atom is 3.00 e. The van der Waals surface area contributed by atoms with Crippen LogP contribution in [0.5, 0.6) is 0 Å². The van der Waals surface area contributed by atoms with Gasteiger partial charge >= 0.3 is 20.1 Å². The van der Waals surface area contributed by atoms with Crippen molar-refractivity contribution in [2.45, 2.75) is 38.1 Å². The molecular weight excluding hydrogens is 669 g/mol. The second-order valence-corrected chi connectivity index (χ2v) is 10.5. The van der Waals surface area contributed by atoms with Gasteiger partial charge in [0.05, 0.1) is 11.4 Å². The third-order valence-electron chi connectivity index (χ3n) is 8.08. The van der Waals surface area contributed by atoms with Crippen LogP contribution in [-0.4, -0.2) is 18.1 Å². The number of fused-ring (bicyclic) bond motifs is 3. The molecule has 8 rings (SSSR count). The summed E-state index contributed by atoms with van der Waals surface area (Å²) >= 11 is 0. The van der Waals surface area contributed by atoms with Gasteiger partial charge in [0.15, 0.2) is 0 Å². The molecule has 40 heavy (non-hydrogen) atoms. The van der Waals surface area contributed by atoms with Crippen molar-refractivity contribution in [1.29, 1.82) is 0 Å². The van der Waals surface area contributed by atoms with E-state index in [-0.39, 0.29) is 20.1 Å². The van der Waals surface area contributed by atoms with Gasteiger partial charge in [0.25, 0.3) is 0 Å². The molecule has 3 heterocycles. The monoisotopic (exact) mass is 700 g/mol. The van der Waals surface area contributed by atoms with Crippen LogP contribution in [0.2, 0.25) is 0 Å². The average molecular weight is 700 g/mol. The molecule has 1 saturated carbocycles. The molecule has 5 aromatic rings. The van der Waals surface area contributed by atoms with Gasteiger partial charge in [-0.05, 0) is 48.1 Å². The number of benzene rings is 4. The zero-order valence-electron chi connectivity index (χ0n) is 22.6. The number of hydrogen-bond donors (Lipinski definition) is 0. The summed E-state index contributed by atoms with van der Waals surface area (Å²) in [5, 5.41) is 2.42. The largest absolute Gasteiger partial charge is 3.00 e. The molecule has 5 heteroatoms. The molecule has 0 spiro atoms. The standard InChI is InChI=1S/C24H23N3.C11H8N.Ir/c1-25-20-12-7-13-21-24(20)27(16-26(21)19-10-3-2-4-11-19)23-15-18-9-6-5-8-17(18)14-22(23)25;1-2-6-10(7-3-1)11-8-4-5-9-12-11;/h5-9,12-14,16,19H,2-4,10-11H2,1H3;1-6,8-9H;/q-2;-1;+3. The van der Waals surface area contributed by atoms with Crippen LogP contribution in [0.15, 0.2) is 97.2 Å². The van der Waals surface area contributed by atoms with E-state index in [9.17, 15) is 0 Å². The zero-order valence-corrected chi connectivity index (χ0v) is 24.9. The number of pyridine rings is 1. The molecule has 0 unspecified atom stereocenters. The molecule has 0 bridgehead atoms. The molecule has 1 fully saturated rings. The van der Waals surface area contributed by atoms with E-state index < -0.39 is 0 Å². The van der Waals surface area contributed by atoms with Crippen molar-refractivity contribution in [3.63, 3.8) is 0 Å². The van der Waals surface area contributed by atoms with Crippen molar-refractivity contribution in [3.05, 3.63) is 116 Å². The normalized spacial score (nSPS) is 15.6. The van der Waals surface area contributed by atoms with E-state index in [1.807, 2.05) is 42.5 Å². The molecule has 1 aromatic heterocycles. The van der Waals surface area contributed by atoms with E-state index in [1.165, 1.54) is 65.6 Å². The maximum absolute atomic E-state index is 4.22. The first-order chi connectivity index (χ1) is 19.3. The van der Waals surface area contributed by atoms with Gasteiger partial charge in [0.1, 0.15) is 0 Å². The van der Waals surface area contributed by atoms with Gasteiger partial charge in [0.2, 0.25) is 0 Å². The van der Waals surface area contributed by atoms with E-state index in [4.69, 9.17) is 0 Å². The summed E-state index contributed by atoms with van der Waals surface area (Å²) in [4.78, 5) is 11.5. The van der Waals surface area contributed by atoms with Crippen LogP contribution in [0.1, 0.15) is 32.1 Å². The Morgan fingerprint density at radius 2 is 1.62 bits per heavy atom. The maximum atomic E-state index is 4.22. The first-order valence-electron chi connectivity index (χ1n) is 13.9. The number of para-hydroxylation sites is 1. The minimum absolute atomic E-state index is 0. The van der Waals surface area contributed by atoms with E-state index in [0.29, 0.717) is 6.04 Å². The van der Waals surface area contributed by atoms with Crippen LogP contribution >= 0.6 is 0 Å². The third kappa shape index (κ3) is 4.78. The summed E-state index contributed by atoms with van der Waals surface area (Å²) in [6.45, 7) is 2.33. The minimum atomic E-state index is 0. The second kappa shape index (κ2) is 11.4. The van der Waals surface area contributed by atoms with Gasteiger partial charge < -0.3 is 19.7 Å². The number of anilines is 5. The summed E-state index contributed by atoms with van der Waals surface area (Å²) in [7, 11) is 2.18. The van der Waals surface area contributed by atoms with Gasteiger partial charge in [-0.3, -0.25) is 0 Å². The van der Waals surface area contributed by atoms with Gasteiger partial charge in [-0.15, -0.1) is 70.9 Å². The molecule has 4 aromatic carbocycles. The van der Waals surface area contributed by atoms with E-state index in [1.54, 1.807) is 6.20 Å². The van der Waals surface area contributed by atoms with Crippen molar-refractivity contribution < 1.29 is 20.1 Å². The van der Waals surface area contributed by atoms with E-state index in [0.717, 1.165) is 16.9 Å². The topological polar surface area (TPSA) is 22.6 Å². The van der Waals surface area contributed by atoms with Crippen LogP contribution < -0.4 is 14.7 Å². The van der Waals surface area contributed by atoms with Gasteiger partial charge in [-0.1, -0.05) is 49.6 Å². The zero-order chi connectivity index (χ0) is 26.2. The number of hydrogen-bond acceptors (Lipinski definition) is 4. The summed E-state index contributed by atoms with van der Waals surface area (Å²) in [6.07, 6.45) is 8.44. The number of rotatable bonds is 2. The molecule has 200 valence electrons. The van der Waals surface area contributed by atoms with Crippen molar-refractivity contribution in [2.75, 3.05) is 21.7 Å². The Kier molecular flexibility index (Phi) is 7.60. The Balaban J connectivity index is 0.000000188. The first kappa shape index (κ1) is 26.6. The SMILES string of the molecule is CN1c2cc3ccccc3[c-]c2N2[CH-]N(C3CCCCC3)c3cccc1c32.[Ir+3].[c-]1ccccc1-c1ccccn1. The molecule has 0 amide bonds. The first-order valence-corrected chi connectivity index (χ1v) is 13.9. The molecule has 1 aliphatic carbocycles. The van der Waals surface area contributed by atoms with Crippen LogP contribution in [0.3, 0.4) is 0 Å². The Hall–Kier alpha value is -3.66. The van der Waals surface area contributed by atoms with Gasteiger partial charge in [-0.25, -0.2) is 0 Å². The Morgan fingerprint density at radius 3 is 2.42 bits per heavy atom. The molecule has 0 N–H and O–H groups in total. The Labute approximate surface area is 250 Å². The number of aromatic nitrogens is 1.